The second-order valence-corrected chi connectivity index (χ2v) is 7.43. The maximum absolute atomic E-state index is 12.2. The van der Waals surface area contributed by atoms with Gasteiger partial charge < -0.3 is 9.47 Å². The predicted molar refractivity (Wildman–Crippen MR) is 115 cm³/mol. The van der Waals surface area contributed by atoms with Gasteiger partial charge in [-0.1, -0.05) is 36.4 Å². The molecule has 0 saturated carbocycles. The highest BCUT2D eigenvalue weighted by Crippen LogP contribution is 2.32. The second kappa shape index (κ2) is 9.42. The van der Waals surface area contributed by atoms with Crippen LogP contribution in [-0.2, 0) is 11.3 Å². The van der Waals surface area contributed by atoms with Crippen LogP contribution in [0.25, 0.3) is 12.2 Å². The van der Waals surface area contributed by atoms with E-state index in [1.54, 1.807) is 30.5 Å². The average Bonchev–Trinajstić information content (AvgIpc) is 2.60. The van der Waals surface area contributed by atoms with E-state index in [9.17, 15) is 4.79 Å². The fourth-order valence-corrected chi connectivity index (χ4v) is 2.71. The highest BCUT2D eigenvalue weighted by molar-refractivity contribution is 6.29. The van der Waals surface area contributed by atoms with E-state index in [-0.39, 0.29) is 0 Å². The number of aromatic nitrogens is 1. The van der Waals surface area contributed by atoms with Crippen molar-refractivity contribution in [1.29, 1.82) is 0 Å². The number of pyridine rings is 1. The zero-order chi connectivity index (χ0) is 20.7. The Labute approximate surface area is 171 Å². The van der Waals surface area contributed by atoms with E-state index in [4.69, 9.17) is 21.1 Å². The lowest BCUT2D eigenvalue weighted by Gasteiger charge is -2.21. The molecule has 0 unspecified atom stereocenters. The largest absolute Gasteiger partial charge is 0.488 e. The molecule has 0 aliphatic carbocycles. The number of nitrogens with one attached hydrogen (secondary N) is 1. The summed E-state index contributed by atoms with van der Waals surface area (Å²) in [5.74, 6) is 0.663. The van der Waals surface area contributed by atoms with E-state index in [0.717, 1.165) is 16.7 Å². The third kappa shape index (κ3) is 6.13. The van der Waals surface area contributed by atoms with Gasteiger partial charge in [-0.2, -0.15) is 0 Å². The first-order valence-corrected chi connectivity index (χ1v) is 9.26. The lowest BCUT2D eigenvalue weighted by Crippen LogP contribution is -2.27. The first-order valence-electron chi connectivity index (χ1n) is 8.89. The van der Waals surface area contributed by atoms with Gasteiger partial charge in [0.25, 0.3) is 0 Å². The maximum atomic E-state index is 12.2. The average molecular weight is 401 g/mol. The van der Waals surface area contributed by atoms with Crippen LogP contribution in [0.1, 0.15) is 44.4 Å². The minimum atomic E-state index is -0.584. The molecular weight excluding hydrogens is 376 g/mol. The molecular formula is C22H25ClN2O3. The van der Waals surface area contributed by atoms with Gasteiger partial charge in [0, 0.05) is 17.3 Å². The zero-order valence-electron chi connectivity index (χ0n) is 16.6. The molecule has 0 aliphatic heterocycles. The molecule has 5 nitrogen and oxygen atoms in total. The van der Waals surface area contributed by atoms with Gasteiger partial charge >= 0.3 is 6.09 Å². The molecule has 148 valence electrons. The van der Waals surface area contributed by atoms with Crippen LogP contribution in [-0.4, -0.2) is 16.7 Å². The number of carbonyl (C=O) groups excluding carboxylic acids is 1. The highest BCUT2D eigenvalue weighted by Gasteiger charge is 2.18. The number of allylic oxidation sites excluding steroid dienone is 1. The van der Waals surface area contributed by atoms with Crippen molar-refractivity contribution in [2.45, 2.75) is 39.9 Å². The monoisotopic (exact) mass is 400 g/mol. The lowest BCUT2D eigenvalue weighted by molar-refractivity contribution is 0.0636. The molecule has 0 atom stereocenters. The summed E-state index contributed by atoms with van der Waals surface area (Å²) in [6.45, 7) is 11.6. The number of hydrogen-bond donors (Lipinski definition) is 1. The molecule has 0 saturated heterocycles. The molecule has 2 rings (SSSR count). The Kier molecular flexibility index (Phi) is 7.24. The molecule has 0 spiro atoms. The van der Waals surface area contributed by atoms with Crippen LogP contribution in [0.4, 0.5) is 10.5 Å². The lowest BCUT2D eigenvalue weighted by atomic mass is 10.0. The second-order valence-electron chi connectivity index (χ2n) is 7.05. The van der Waals surface area contributed by atoms with Gasteiger partial charge in [-0.15, -0.1) is 0 Å². The van der Waals surface area contributed by atoms with E-state index in [1.165, 1.54) is 0 Å². The molecule has 1 amide bonds. The number of anilines is 1. The minimum absolute atomic E-state index is 0.336. The van der Waals surface area contributed by atoms with Crippen molar-refractivity contribution in [3.63, 3.8) is 0 Å². The fourth-order valence-electron chi connectivity index (χ4n) is 2.52. The first kappa shape index (κ1) is 21.5. The Hall–Kier alpha value is -2.79. The molecule has 0 radical (unpaired) electrons. The molecule has 0 fully saturated rings. The SMILES string of the molecule is C=Cc1c(NC(=O)OC(C)(C)C)ccc(OCc2ccnc(Cl)c2)c1/C=C\C. The Balaban J connectivity index is 2.29. The Morgan fingerprint density at radius 1 is 1.29 bits per heavy atom. The summed E-state index contributed by atoms with van der Waals surface area (Å²) in [5, 5.41) is 3.19. The van der Waals surface area contributed by atoms with Gasteiger partial charge in [0.1, 0.15) is 23.1 Å². The number of amides is 1. The normalized spacial score (nSPS) is 11.3. The molecule has 0 bridgehead atoms. The van der Waals surface area contributed by atoms with Gasteiger partial charge in [0.2, 0.25) is 0 Å². The van der Waals surface area contributed by atoms with E-state index in [1.807, 2.05) is 45.9 Å². The number of rotatable bonds is 6. The summed E-state index contributed by atoms with van der Waals surface area (Å²) in [7, 11) is 0. The van der Waals surface area contributed by atoms with Gasteiger partial charge in [-0.3, -0.25) is 5.32 Å². The van der Waals surface area contributed by atoms with Gasteiger partial charge in [-0.25, -0.2) is 9.78 Å². The van der Waals surface area contributed by atoms with Gasteiger partial charge in [0.05, 0.1) is 5.69 Å². The van der Waals surface area contributed by atoms with E-state index >= 15 is 0 Å². The van der Waals surface area contributed by atoms with Crippen LogP contribution in [0.2, 0.25) is 5.15 Å². The predicted octanol–water partition coefficient (Wildman–Crippen LogP) is 6.34. The highest BCUT2D eigenvalue weighted by atomic mass is 35.5. The summed E-state index contributed by atoms with van der Waals surface area (Å²) in [6.07, 6.45) is 6.60. The standard InChI is InChI=1S/C22H25ClN2O3/c1-6-8-17-16(7-2)18(25-21(26)28-22(3,4)5)9-10-19(17)27-14-15-11-12-24-20(23)13-15/h6-13H,2,14H2,1,3-5H3,(H,25,26)/b8-6-. The number of carbonyl (C=O) groups is 1. The zero-order valence-corrected chi connectivity index (χ0v) is 17.3. The van der Waals surface area contributed by atoms with Crippen molar-refractivity contribution in [1.82, 2.24) is 4.98 Å². The van der Waals surface area contributed by atoms with Crippen LogP contribution in [0.15, 0.2) is 43.1 Å². The fraction of sp³-hybridized carbons (Fsp3) is 0.273. The summed E-state index contributed by atoms with van der Waals surface area (Å²) in [6, 6.07) is 7.17. The Morgan fingerprint density at radius 2 is 2.04 bits per heavy atom. The first-order chi connectivity index (χ1) is 13.2. The maximum Gasteiger partial charge on any atom is 0.412 e. The molecule has 6 heteroatoms. The Bertz CT molecular complexity index is 886. The van der Waals surface area contributed by atoms with Crippen molar-refractivity contribution in [3.05, 3.63) is 65.0 Å². The van der Waals surface area contributed by atoms with Crippen LogP contribution in [0, 0.1) is 0 Å². The summed E-state index contributed by atoms with van der Waals surface area (Å²) in [4.78, 5) is 16.1. The van der Waals surface area contributed by atoms with Crippen molar-refractivity contribution in [2.75, 3.05) is 5.32 Å². The van der Waals surface area contributed by atoms with Crippen LogP contribution in [0.3, 0.4) is 0 Å². The number of benzene rings is 1. The minimum Gasteiger partial charge on any atom is -0.488 e. The molecule has 1 aromatic carbocycles. The molecule has 1 aromatic heterocycles. The third-order valence-electron chi connectivity index (χ3n) is 3.61. The topological polar surface area (TPSA) is 60.5 Å². The van der Waals surface area contributed by atoms with Crippen molar-refractivity contribution < 1.29 is 14.3 Å². The van der Waals surface area contributed by atoms with Crippen molar-refractivity contribution in [3.8, 4) is 5.75 Å². The number of halogens is 1. The smallest absolute Gasteiger partial charge is 0.412 e. The van der Waals surface area contributed by atoms with E-state index in [2.05, 4.69) is 16.9 Å². The third-order valence-corrected chi connectivity index (χ3v) is 3.81. The number of ether oxygens (including phenoxy) is 2. The Morgan fingerprint density at radius 3 is 2.64 bits per heavy atom. The molecule has 0 aliphatic rings. The van der Waals surface area contributed by atoms with Crippen molar-refractivity contribution in [2.24, 2.45) is 0 Å². The number of hydrogen-bond acceptors (Lipinski definition) is 4. The summed E-state index contributed by atoms with van der Waals surface area (Å²) < 4.78 is 11.3. The van der Waals surface area contributed by atoms with Crippen LogP contribution < -0.4 is 10.1 Å². The van der Waals surface area contributed by atoms with Crippen LogP contribution >= 0.6 is 11.6 Å². The summed E-state index contributed by atoms with van der Waals surface area (Å²) >= 11 is 5.93. The summed E-state index contributed by atoms with van der Waals surface area (Å²) in [5.41, 5.74) is 2.47. The van der Waals surface area contributed by atoms with E-state index in [0.29, 0.717) is 23.2 Å². The van der Waals surface area contributed by atoms with E-state index < -0.39 is 11.7 Å². The van der Waals surface area contributed by atoms with Gasteiger partial charge in [0.15, 0.2) is 0 Å². The molecule has 28 heavy (non-hydrogen) atoms. The van der Waals surface area contributed by atoms with Crippen molar-refractivity contribution >= 4 is 35.5 Å². The molecule has 1 N–H and O–H groups in total. The number of nitrogens with zero attached hydrogens (tertiary/aromatic N) is 1. The van der Waals surface area contributed by atoms with Crippen LogP contribution in [0.5, 0.6) is 5.75 Å². The molecule has 2 aromatic rings. The van der Waals surface area contributed by atoms with Gasteiger partial charge in [-0.05, 0) is 57.5 Å². The quantitative estimate of drug-likeness (QED) is 0.575. The molecule has 1 heterocycles.